The highest BCUT2D eigenvalue weighted by Gasteiger charge is 1.99. The van der Waals surface area contributed by atoms with Crippen molar-refractivity contribution in [1.29, 1.82) is 0 Å². The molecule has 2 N–H and O–H groups in total. The van der Waals surface area contributed by atoms with Crippen LogP contribution in [0.15, 0.2) is 18.7 Å². The van der Waals surface area contributed by atoms with Crippen LogP contribution in [0.3, 0.4) is 0 Å². The van der Waals surface area contributed by atoms with Gasteiger partial charge in [0.15, 0.2) is 5.81 Å². The molecule has 1 aromatic heterocycles. The first-order chi connectivity index (χ1) is 4.34. The maximum Gasteiger partial charge on any atom is 0.324 e. The van der Waals surface area contributed by atoms with Gasteiger partial charge in [0.1, 0.15) is 6.33 Å². The number of hydrogen-bond donors (Lipinski definition) is 1. The van der Waals surface area contributed by atoms with Crippen LogP contribution >= 0.6 is 0 Å². The molecule has 4 nitrogen and oxygen atoms in total. The van der Waals surface area contributed by atoms with Crippen LogP contribution in [0.1, 0.15) is 0 Å². The van der Waals surface area contributed by atoms with Gasteiger partial charge in [0, 0.05) is 12.4 Å². The van der Waals surface area contributed by atoms with Crippen molar-refractivity contribution in [3.05, 3.63) is 18.7 Å². The lowest BCUT2D eigenvalue weighted by molar-refractivity contribution is 0.260. The number of carbonyl (C=O) groups excluding carboxylic acids is 1. The highest BCUT2D eigenvalue weighted by Crippen LogP contribution is 1.82. The van der Waals surface area contributed by atoms with Crippen LogP contribution in [0.4, 0.5) is 4.79 Å². The molecule has 0 bridgehead atoms. The van der Waals surface area contributed by atoms with Gasteiger partial charge in [-0.15, -0.1) is 0 Å². The second kappa shape index (κ2) is 2.45. The third-order valence-electron chi connectivity index (χ3n) is 0.901. The summed E-state index contributed by atoms with van der Waals surface area (Å²) in [5, 5.41) is 0. The summed E-state index contributed by atoms with van der Waals surface area (Å²) in [6, 6.07) is 0. The summed E-state index contributed by atoms with van der Waals surface area (Å²) in [4.78, 5) is 14.3. The maximum absolute atomic E-state index is 10.6. The van der Waals surface area contributed by atoms with E-state index in [4.69, 9.17) is 5.64 Å². The van der Waals surface area contributed by atoms with Crippen molar-refractivity contribution in [2.45, 2.75) is 0 Å². The predicted octanol–water partition coefficient (Wildman–Crippen LogP) is -0.571. The lowest BCUT2D eigenvalue weighted by atomic mass is 9.96. The Bertz CT molecular complexity index is 196. The molecule has 45 valence electrons. The molecule has 1 radical (unpaired) electrons. The van der Waals surface area contributed by atoms with Crippen LogP contribution in [-0.2, 0) is 0 Å². The zero-order valence-electron chi connectivity index (χ0n) is 4.69. The molecule has 1 rings (SSSR count). The number of rotatable bonds is 1. The molecule has 0 unspecified atom stereocenters. The summed E-state index contributed by atoms with van der Waals surface area (Å²) in [5.74, 6) is -0.271. The maximum atomic E-state index is 10.6. The van der Waals surface area contributed by atoms with Crippen LogP contribution in [0.25, 0.3) is 0 Å². The minimum atomic E-state index is -0.271. The van der Waals surface area contributed by atoms with Crippen molar-refractivity contribution in [3.8, 4) is 0 Å². The first-order valence-electron chi connectivity index (χ1n) is 2.42. The fraction of sp³-hybridized carbons (Fsp3) is 0. The molecule has 0 spiro atoms. The van der Waals surface area contributed by atoms with Crippen molar-refractivity contribution in [2.75, 3.05) is 0 Å². The first kappa shape index (κ1) is 6.03. The van der Waals surface area contributed by atoms with Crippen molar-refractivity contribution >= 4 is 13.2 Å². The van der Waals surface area contributed by atoms with Gasteiger partial charge in [-0.05, 0) is 0 Å². The van der Waals surface area contributed by atoms with Gasteiger partial charge in [-0.25, -0.2) is 4.98 Å². The number of nitrogens with two attached hydrogens (primary N) is 1. The van der Waals surface area contributed by atoms with Crippen LogP contribution in [0.2, 0.25) is 0 Å². The zero-order valence-corrected chi connectivity index (χ0v) is 4.69. The van der Waals surface area contributed by atoms with E-state index in [-0.39, 0.29) is 5.81 Å². The Labute approximate surface area is 52.9 Å². The lowest BCUT2D eigenvalue weighted by Crippen LogP contribution is -2.22. The lowest BCUT2D eigenvalue weighted by Gasteiger charge is -1.91. The molecule has 0 saturated heterocycles. The van der Waals surface area contributed by atoms with E-state index < -0.39 is 0 Å². The standard InChI is InChI=1S/C4H5BN3O/c6-5-4(9)8-2-1-7-3-8/h1-3H,6H2. The van der Waals surface area contributed by atoms with Gasteiger partial charge >= 0.3 is 7.41 Å². The quantitative estimate of drug-likeness (QED) is 0.507. The molecule has 5 heteroatoms. The molecule has 9 heavy (non-hydrogen) atoms. The van der Waals surface area contributed by atoms with Crippen molar-refractivity contribution in [1.82, 2.24) is 9.55 Å². The van der Waals surface area contributed by atoms with Gasteiger partial charge in [-0.3, -0.25) is 9.36 Å². The summed E-state index contributed by atoms with van der Waals surface area (Å²) in [7, 11) is 0.988. The fourth-order valence-corrected chi connectivity index (χ4v) is 0.476. The summed E-state index contributed by atoms with van der Waals surface area (Å²) in [6.07, 6.45) is 4.44. The van der Waals surface area contributed by atoms with Gasteiger partial charge in [-0.1, -0.05) is 0 Å². The highest BCUT2D eigenvalue weighted by atomic mass is 16.1. The minimum absolute atomic E-state index is 0.271. The largest absolute Gasteiger partial charge is 0.366 e. The molecule has 0 amide bonds. The fourth-order valence-electron chi connectivity index (χ4n) is 0.476. The number of nitrogens with zero attached hydrogens (tertiary/aromatic N) is 2. The summed E-state index contributed by atoms with van der Waals surface area (Å²) in [6.45, 7) is 0. The molecule has 0 aliphatic rings. The summed E-state index contributed by atoms with van der Waals surface area (Å²) in [5.41, 5.74) is 4.94. The first-order valence-corrected chi connectivity index (χ1v) is 2.42. The summed E-state index contributed by atoms with van der Waals surface area (Å²) < 4.78 is 1.29. The number of aromatic nitrogens is 2. The second-order valence-corrected chi connectivity index (χ2v) is 1.47. The Kier molecular flexibility index (Phi) is 1.64. The monoisotopic (exact) mass is 122 g/mol. The Morgan fingerprint density at radius 3 is 3.00 bits per heavy atom. The second-order valence-electron chi connectivity index (χ2n) is 1.47. The molecule has 0 atom stereocenters. The van der Waals surface area contributed by atoms with Crippen LogP contribution in [0, 0.1) is 0 Å². The van der Waals surface area contributed by atoms with Gasteiger partial charge < -0.3 is 5.64 Å². The third kappa shape index (κ3) is 1.17. The Hall–Kier alpha value is -1.10. The molecule has 0 aliphatic heterocycles. The van der Waals surface area contributed by atoms with E-state index in [1.54, 1.807) is 0 Å². The van der Waals surface area contributed by atoms with E-state index in [1.165, 1.54) is 23.3 Å². The van der Waals surface area contributed by atoms with Crippen LogP contribution < -0.4 is 5.64 Å². The number of carbonyl (C=O) groups is 1. The molecule has 0 saturated carbocycles. The van der Waals surface area contributed by atoms with E-state index in [2.05, 4.69) is 4.98 Å². The molecular weight excluding hydrogens is 117 g/mol. The van der Waals surface area contributed by atoms with Crippen molar-refractivity contribution < 1.29 is 4.79 Å². The van der Waals surface area contributed by atoms with Crippen LogP contribution in [0.5, 0.6) is 0 Å². The zero-order chi connectivity index (χ0) is 6.69. The average molecular weight is 122 g/mol. The smallest absolute Gasteiger partial charge is 0.324 e. The Morgan fingerprint density at radius 1 is 1.78 bits per heavy atom. The van der Waals surface area contributed by atoms with E-state index >= 15 is 0 Å². The van der Waals surface area contributed by atoms with Gasteiger partial charge in [0.2, 0.25) is 0 Å². The predicted molar refractivity (Wildman–Crippen MR) is 33.0 cm³/mol. The summed E-state index contributed by atoms with van der Waals surface area (Å²) >= 11 is 0. The van der Waals surface area contributed by atoms with Gasteiger partial charge in [0.05, 0.1) is 0 Å². The van der Waals surface area contributed by atoms with E-state index in [9.17, 15) is 4.79 Å². The van der Waals surface area contributed by atoms with E-state index in [0.717, 1.165) is 7.41 Å². The van der Waals surface area contributed by atoms with E-state index in [1.807, 2.05) is 0 Å². The highest BCUT2D eigenvalue weighted by molar-refractivity contribution is 6.71. The molecule has 0 aliphatic carbocycles. The topological polar surface area (TPSA) is 60.9 Å². The van der Waals surface area contributed by atoms with E-state index in [0.29, 0.717) is 0 Å². The van der Waals surface area contributed by atoms with Crippen molar-refractivity contribution in [3.63, 3.8) is 0 Å². The Morgan fingerprint density at radius 2 is 2.56 bits per heavy atom. The Balaban J connectivity index is 2.77. The average Bonchev–Trinajstić information content (AvgIpc) is 2.37. The SMILES string of the molecule is N[B]C(=O)n1ccnc1. The molecule has 1 aromatic rings. The molecule has 0 aromatic carbocycles. The molecule has 0 fully saturated rings. The number of imidazole rings is 1. The third-order valence-corrected chi connectivity index (χ3v) is 0.901. The number of hydrogen-bond acceptors (Lipinski definition) is 3. The van der Waals surface area contributed by atoms with Gasteiger partial charge in [0.25, 0.3) is 0 Å². The van der Waals surface area contributed by atoms with Crippen LogP contribution in [-0.4, -0.2) is 22.8 Å². The normalized spacial score (nSPS) is 9.00. The minimum Gasteiger partial charge on any atom is -0.366 e. The molecular formula is C4H5BN3O. The van der Waals surface area contributed by atoms with Crippen molar-refractivity contribution in [2.24, 2.45) is 5.64 Å². The molecule has 1 heterocycles. The van der Waals surface area contributed by atoms with Gasteiger partial charge in [-0.2, -0.15) is 0 Å².